The first-order valence-corrected chi connectivity index (χ1v) is 4.53. The SMILES string of the molecule is O=C(O)c1ccccc1O.OP(O)O. The number of hydrogen-bond acceptors (Lipinski definition) is 5. The van der Waals surface area contributed by atoms with Gasteiger partial charge < -0.3 is 24.9 Å². The second-order valence-electron chi connectivity index (χ2n) is 2.09. The zero-order chi connectivity index (χ0) is 11.1. The van der Waals surface area contributed by atoms with Gasteiger partial charge in [-0.05, 0) is 12.1 Å². The summed E-state index contributed by atoms with van der Waals surface area (Å²) in [6.07, 6.45) is 0. The summed E-state index contributed by atoms with van der Waals surface area (Å²) in [4.78, 5) is 32.0. The van der Waals surface area contributed by atoms with Crippen molar-refractivity contribution in [1.29, 1.82) is 0 Å². The lowest BCUT2D eigenvalue weighted by Crippen LogP contribution is -1.95. The minimum Gasteiger partial charge on any atom is -0.507 e. The van der Waals surface area contributed by atoms with Gasteiger partial charge in [0, 0.05) is 0 Å². The molecule has 0 amide bonds. The lowest BCUT2D eigenvalue weighted by molar-refractivity contribution is 0.0693. The Morgan fingerprint density at radius 3 is 1.86 bits per heavy atom. The number of para-hydroxylation sites is 1. The second kappa shape index (κ2) is 6.28. The van der Waals surface area contributed by atoms with Crippen LogP contribution in [-0.2, 0) is 0 Å². The molecule has 78 valence electrons. The van der Waals surface area contributed by atoms with Crippen LogP contribution in [0.3, 0.4) is 0 Å². The van der Waals surface area contributed by atoms with E-state index in [9.17, 15) is 4.79 Å². The average molecular weight is 220 g/mol. The van der Waals surface area contributed by atoms with Crippen molar-refractivity contribution < 1.29 is 29.7 Å². The van der Waals surface area contributed by atoms with Gasteiger partial charge in [0.1, 0.15) is 11.3 Å². The first-order valence-electron chi connectivity index (χ1n) is 3.33. The smallest absolute Gasteiger partial charge is 0.339 e. The predicted molar refractivity (Wildman–Crippen MR) is 48.6 cm³/mol. The van der Waals surface area contributed by atoms with Gasteiger partial charge in [-0.15, -0.1) is 0 Å². The van der Waals surface area contributed by atoms with Gasteiger partial charge in [-0.3, -0.25) is 0 Å². The molecule has 0 aromatic heterocycles. The molecule has 0 fully saturated rings. The number of aromatic carboxylic acids is 1. The summed E-state index contributed by atoms with van der Waals surface area (Å²) in [7, 11) is -2.62. The molecule has 0 saturated heterocycles. The fourth-order valence-corrected chi connectivity index (χ4v) is 0.654. The maximum Gasteiger partial charge on any atom is 0.339 e. The van der Waals surface area contributed by atoms with Gasteiger partial charge in [-0.25, -0.2) is 4.79 Å². The molecule has 0 atom stereocenters. The van der Waals surface area contributed by atoms with Gasteiger partial charge in [-0.1, -0.05) is 12.1 Å². The summed E-state index contributed by atoms with van der Waals surface area (Å²) in [6, 6.07) is 5.81. The number of aromatic hydroxyl groups is 1. The molecule has 1 rings (SSSR count). The van der Waals surface area contributed by atoms with Crippen molar-refractivity contribution in [3.63, 3.8) is 0 Å². The highest BCUT2D eigenvalue weighted by molar-refractivity contribution is 7.38. The predicted octanol–water partition coefficient (Wildman–Crippen LogP) is 0.281. The van der Waals surface area contributed by atoms with Crippen molar-refractivity contribution in [2.75, 3.05) is 0 Å². The number of carboxylic acids is 1. The quantitative estimate of drug-likeness (QED) is 0.434. The largest absolute Gasteiger partial charge is 0.507 e. The molecule has 1 aromatic rings. The third-order valence-corrected chi connectivity index (χ3v) is 1.13. The number of carboxylic acid groups (broad SMARTS) is 1. The number of phenols is 1. The Bertz CT molecular complexity index is 297. The van der Waals surface area contributed by atoms with E-state index in [0.29, 0.717) is 0 Å². The van der Waals surface area contributed by atoms with E-state index in [1.165, 1.54) is 12.1 Å². The van der Waals surface area contributed by atoms with Crippen LogP contribution in [0.25, 0.3) is 0 Å². The van der Waals surface area contributed by atoms with Crippen molar-refractivity contribution in [2.45, 2.75) is 0 Å². The topological polar surface area (TPSA) is 118 Å². The fourth-order valence-electron chi connectivity index (χ4n) is 0.654. The van der Waals surface area contributed by atoms with Crippen LogP contribution in [0, 0.1) is 0 Å². The molecule has 0 radical (unpaired) electrons. The standard InChI is InChI=1S/C7H6O3.H3O3P/c8-6-4-2-1-3-5(6)7(9)10;1-4(2)3/h1-4,8H,(H,9,10);1-3H. The van der Waals surface area contributed by atoms with E-state index in [0.717, 1.165) is 0 Å². The van der Waals surface area contributed by atoms with Crippen molar-refractivity contribution in [1.82, 2.24) is 0 Å². The Labute approximate surface area is 80.7 Å². The summed E-state index contributed by atoms with van der Waals surface area (Å²) in [5.41, 5.74) is -0.0671. The van der Waals surface area contributed by atoms with Crippen molar-refractivity contribution >= 4 is 14.6 Å². The van der Waals surface area contributed by atoms with Crippen LogP contribution < -0.4 is 0 Å². The lowest BCUT2D eigenvalue weighted by Gasteiger charge is -1.95. The zero-order valence-corrected chi connectivity index (χ0v) is 7.80. The maximum absolute atomic E-state index is 10.3. The summed E-state index contributed by atoms with van der Waals surface area (Å²) < 4.78 is 0. The molecule has 0 spiro atoms. The van der Waals surface area contributed by atoms with Crippen LogP contribution in [0.15, 0.2) is 24.3 Å². The highest BCUT2D eigenvalue weighted by Gasteiger charge is 2.05. The van der Waals surface area contributed by atoms with Gasteiger partial charge in [0.2, 0.25) is 0 Å². The zero-order valence-electron chi connectivity index (χ0n) is 6.90. The molecular weight excluding hydrogens is 211 g/mol. The van der Waals surface area contributed by atoms with E-state index in [2.05, 4.69) is 0 Å². The molecule has 7 heteroatoms. The van der Waals surface area contributed by atoms with Crippen LogP contribution in [0.4, 0.5) is 0 Å². The Hall–Kier alpha value is -1.20. The maximum atomic E-state index is 10.3. The summed E-state index contributed by atoms with van der Waals surface area (Å²) in [6.45, 7) is 0. The highest BCUT2D eigenvalue weighted by atomic mass is 31.2. The summed E-state index contributed by atoms with van der Waals surface area (Å²) in [5, 5.41) is 17.3. The first-order chi connectivity index (χ1) is 6.45. The molecule has 0 aliphatic rings. The van der Waals surface area contributed by atoms with Gasteiger partial charge in [0.25, 0.3) is 0 Å². The third-order valence-electron chi connectivity index (χ3n) is 1.13. The molecule has 0 saturated carbocycles. The number of carbonyl (C=O) groups is 1. The number of hydrogen-bond donors (Lipinski definition) is 5. The Morgan fingerprint density at radius 2 is 1.57 bits per heavy atom. The third kappa shape index (κ3) is 5.45. The molecule has 0 aliphatic heterocycles. The Morgan fingerprint density at radius 1 is 1.14 bits per heavy atom. The van der Waals surface area contributed by atoms with Crippen LogP contribution >= 0.6 is 8.60 Å². The van der Waals surface area contributed by atoms with Gasteiger partial charge in [-0.2, -0.15) is 0 Å². The second-order valence-corrected chi connectivity index (χ2v) is 2.63. The van der Waals surface area contributed by atoms with Gasteiger partial charge in [0.15, 0.2) is 0 Å². The molecular formula is C7H9O6P. The van der Waals surface area contributed by atoms with E-state index in [4.69, 9.17) is 24.9 Å². The summed E-state index contributed by atoms with van der Waals surface area (Å²) in [5.74, 6) is -1.31. The van der Waals surface area contributed by atoms with Crippen molar-refractivity contribution in [3.05, 3.63) is 29.8 Å². The molecule has 5 N–H and O–H groups in total. The van der Waals surface area contributed by atoms with Crippen LogP contribution in [0.5, 0.6) is 5.75 Å². The van der Waals surface area contributed by atoms with Crippen LogP contribution in [-0.4, -0.2) is 30.9 Å². The van der Waals surface area contributed by atoms with Crippen LogP contribution in [0.2, 0.25) is 0 Å². The fraction of sp³-hybridized carbons (Fsp3) is 0. The highest BCUT2D eigenvalue weighted by Crippen LogP contribution is 2.14. The van der Waals surface area contributed by atoms with E-state index in [1.807, 2.05) is 0 Å². The van der Waals surface area contributed by atoms with Gasteiger partial charge >= 0.3 is 14.6 Å². The van der Waals surface area contributed by atoms with E-state index >= 15 is 0 Å². The van der Waals surface area contributed by atoms with Crippen molar-refractivity contribution in [3.8, 4) is 5.75 Å². The molecule has 0 bridgehead atoms. The Kier molecular flexibility index (Phi) is 5.74. The molecule has 0 aliphatic carbocycles. The summed E-state index contributed by atoms with van der Waals surface area (Å²) >= 11 is 0. The van der Waals surface area contributed by atoms with E-state index in [1.54, 1.807) is 12.1 Å². The Balaban J connectivity index is 0.000000364. The first kappa shape index (κ1) is 12.8. The molecule has 1 aromatic carbocycles. The normalized spacial score (nSPS) is 9.14. The molecule has 0 unspecified atom stereocenters. The average Bonchev–Trinajstić information content (AvgIpc) is 2.03. The monoisotopic (exact) mass is 220 g/mol. The van der Waals surface area contributed by atoms with E-state index < -0.39 is 14.6 Å². The number of rotatable bonds is 1. The minimum atomic E-state index is -2.62. The van der Waals surface area contributed by atoms with Gasteiger partial charge in [0.05, 0.1) is 0 Å². The molecule has 6 nitrogen and oxygen atoms in total. The molecule has 0 heterocycles. The van der Waals surface area contributed by atoms with Crippen LogP contribution in [0.1, 0.15) is 10.4 Å². The minimum absolute atomic E-state index is 0.0671. The van der Waals surface area contributed by atoms with E-state index in [-0.39, 0.29) is 11.3 Å². The molecule has 14 heavy (non-hydrogen) atoms. The van der Waals surface area contributed by atoms with Crippen molar-refractivity contribution in [2.24, 2.45) is 0 Å². The lowest BCUT2D eigenvalue weighted by atomic mass is 10.2. The number of benzene rings is 1.